The minimum atomic E-state index is 0.483. The van der Waals surface area contributed by atoms with E-state index in [1.54, 1.807) is 10.7 Å². The van der Waals surface area contributed by atoms with Gasteiger partial charge in [-0.1, -0.05) is 0 Å². The molecule has 2 aromatic heterocycles. The van der Waals surface area contributed by atoms with Crippen LogP contribution < -0.4 is 0 Å². The summed E-state index contributed by atoms with van der Waals surface area (Å²) in [4.78, 5) is 15.1. The van der Waals surface area contributed by atoms with E-state index in [1.807, 2.05) is 12.3 Å². The zero-order chi connectivity index (χ0) is 9.54. The van der Waals surface area contributed by atoms with Gasteiger partial charge in [-0.15, -0.1) is 0 Å². The average molecular weight is 187 g/mol. The predicted molar refractivity (Wildman–Crippen MR) is 50.3 cm³/mol. The highest BCUT2D eigenvalue weighted by molar-refractivity contribution is 5.86. The van der Waals surface area contributed by atoms with E-state index in [0.717, 1.165) is 24.8 Å². The van der Waals surface area contributed by atoms with Gasteiger partial charge >= 0.3 is 0 Å². The van der Waals surface area contributed by atoms with Crippen LogP contribution in [0.15, 0.2) is 18.5 Å². The molecular formula is C10H9N3O. The zero-order valence-electron chi connectivity index (χ0n) is 7.55. The van der Waals surface area contributed by atoms with Crippen LogP contribution in [0, 0.1) is 0 Å². The fourth-order valence-corrected chi connectivity index (χ4v) is 1.69. The van der Waals surface area contributed by atoms with E-state index in [1.165, 1.54) is 0 Å². The Morgan fingerprint density at radius 1 is 1.50 bits per heavy atom. The summed E-state index contributed by atoms with van der Waals surface area (Å²) in [6, 6.07) is 1.81. The lowest BCUT2D eigenvalue weighted by atomic mass is 10.2. The monoisotopic (exact) mass is 187 g/mol. The van der Waals surface area contributed by atoms with Crippen molar-refractivity contribution in [2.24, 2.45) is 0 Å². The Hall–Kier alpha value is -1.71. The molecule has 0 bridgehead atoms. The number of aromatic nitrogens is 3. The van der Waals surface area contributed by atoms with Crippen LogP contribution in [0.3, 0.4) is 0 Å². The summed E-state index contributed by atoms with van der Waals surface area (Å²) in [6.07, 6.45) is 6.65. The second kappa shape index (κ2) is 2.64. The number of aldehydes is 1. The summed E-state index contributed by atoms with van der Waals surface area (Å²) in [5, 5.41) is 4.37. The van der Waals surface area contributed by atoms with Crippen LogP contribution in [0.5, 0.6) is 0 Å². The lowest BCUT2D eigenvalue weighted by Crippen LogP contribution is -1.88. The molecular weight excluding hydrogens is 178 g/mol. The molecule has 0 aliphatic heterocycles. The molecule has 0 unspecified atom stereocenters. The third kappa shape index (κ3) is 0.968. The van der Waals surface area contributed by atoms with Crippen molar-refractivity contribution in [1.29, 1.82) is 0 Å². The van der Waals surface area contributed by atoms with Crippen molar-refractivity contribution in [1.82, 2.24) is 14.6 Å². The van der Waals surface area contributed by atoms with Gasteiger partial charge in [0.05, 0.1) is 11.3 Å². The van der Waals surface area contributed by atoms with Crippen LogP contribution in [0.25, 0.3) is 5.65 Å². The van der Waals surface area contributed by atoms with Gasteiger partial charge in [0, 0.05) is 18.3 Å². The normalized spacial score (nSPS) is 16.0. The van der Waals surface area contributed by atoms with E-state index in [9.17, 15) is 4.79 Å². The van der Waals surface area contributed by atoms with E-state index in [-0.39, 0.29) is 0 Å². The Morgan fingerprint density at radius 3 is 3.07 bits per heavy atom. The first kappa shape index (κ1) is 7.67. The van der Waals surface area contributed by atoms with E-state index < -0.39 is 0 Å². The van der Waals surface area contributed by atoms with Crippen LogP contribution >= 0.6 is 0 Å². The molecule has 70 valence electrons. The van der Waals surface area contributed by atoms with E-state index in [4.69, 9.17) is 0 Å². The van der Waals surface area contributed by atoms with Crippen molar-refractivity contribution in [2.45, 2.75) is 18.8 Å². The molecule has 0 spiro atoms. The predicted octanol–water partition coefficient (Wildman–Crippen LogP) is 1.42. The first-order valence-electron chi connectivity index (χ1n) is 4.68. The largest absolute Gasteiger partial charge is 0.298 e. The lowest BCUT2D eigenvalue weighted by molar-refractivity contribution is 0.112. The fraction of sp³-hybridized carbons (Fsp3) is 0.300. The molecule has 14 heavy (non-hydrogen) atoms. The molecule has 1 aliphatic carbocycles. The highest BCUT2D eigenvalue weighted by Crippen LogP contribution is 2.40. The quantitative estimate of drug-likeness (QED) is 0.668. The Labute approximate surface area is 80.6 Å². The zero-order valence-corrected chi connectivity index (χ0v) is 7.55. The first-order chi connectivity index (χ1) is 6.90. The summed E-state index contributed by atoms with van der Waals surface area (Å²) in [7, 11) is 0. The molecule has 4 heteroatoms. The van der Waals surface area contributed by atoms with Gasteiger partial charge in [0.2, 0.25) is 0 Å². The number of carbonyl (C=O) groups is 1. The molecule has 0 saturated heterocycles. The minimum Gasteiger partial charge on any atom is -0.298 e. The van der Waals surface area contributed by atoms with Crippen molar-refractivity contribution in [2.75, 3.05) is 0 Å². The van der Waals surface area contributed by atoms with Gasteiger partial charge in [0.1, 0.15) is 0 Å². The van der Waals surface area contributed by atoms with Gasteiger partial charge in [-0.05, 0) is 18.9 Å². The second-order valence-electron chi connectivity index (χ2n) is 3.58. The van der Waals surface area contributed by atoms with Gasteiger partial charge in [0.25, 0.3) is 0 Å². The summed E-state index contributed by atoms with van der Waals surface area (Å²) in [5.41, 5.74) is 2.25. The van der Waals surface area contributed by atoms with Crippen LogP contribution in [0.1, 0.15) is 34.8 Å². The Kier molecular flexibility index (Phi) is 1.45. The lowest BCUT2D eigenvalue weighted by Gasteiger charge is -1.88. The number of nitrogens with zero attached hydrogens (tertiary/aromatic N) is 3. The molecule has 2 aromatic rings. The number of carbonyl (C=O) groups excluding carboxylic acids is 1. The summed E-state index contributed by atoms with van der Waals surface area (Å²) in [5.74, 6) is 0.483. The molecule has 0 N–H and O–H groups in total. The third-order valence-corrected chi connectivity index (χ3v) is 2.54. The van der Waals surface area contributed by atoms with Crippen molar-refractivity contribution < 1.29 is 4.79 Å². The van der Waals surface area contributed by atoms with Crippen LogP contribution in [0.4, 0.5) is 0 Å². The van der Waals surface area contributed by atoms with Crippen LogP contribution in [-0.4, -0.2) is 20.9 Å². The molecule has 0 aromatic carbocycles. The van der Waals surface area contributed by atoms with Crippen molar-refractivity contribution in [3.05, 3.63) is 29.7 Å². The molecule has 0 amide bonds. The van der Waals surface area contributed by atoms with E-state index >= 15 is 0 Å². The molecule has 1 aliphatic rings. The fourth-order valence-electron chi connectivity index (χ4n) is 1.69. The molecule has 3 rings (SSSR count). The number of hydrogen-bond donors (Lipinski definition) is 0. The molecule has 2 heterocycles. The third-order valence-electron chi connectivity index (χ3n) is 2.54. The summed E-state index contributed by atoms with van der Waals surface area (Å²) >= 11 is 0. The summed E-state index contributed by atoms with van der Waals surface area (Å²) in [6.45, 7) is 0. The van der Waals surface area contributed by atoms with Gasteiger partial charge in [-0.2, -0.15) is 5.10 Å². The van der Waals surface area contributed by atoms with Gasteiger partial charge in [-0.25, -0.2) is 9.50 Å². The van der Waals surface area contributed by atoms with Crippen molar-refractivity contribution in [3.63, 3.8) is 0 Å². The van der Waals surface area contributed by atoms with Crippen LogP contribution in [0.2, 0.25) is 0 Å². The Bertz CT molecular complexity index is 499. The van der Waals surface area contributed by atoms with E-state index in [0.29, 0.717) is 17.1 Å². The Morgan fingerprint density at radius 2 is 2.36 bits per heavy atom. The smallest absolute Gasteiger partial charge is 0.165 e. The maximum absolute atomic E-state index is 10.9. The van der Waals surface area contributed by atoms with Crippen LogP contribution in [-0.2, 0) is 0 Å². The molecule has 1 saturated carbocycles. The minimum absolute atomic E-state index is 0.483. The SMILES string of the molecule is O=Cc1c(C2CC2)nn2cccnc12. The highest BCUT2D eigenvalue weighted by atomic mass is 16.1. The standard InChI is InChI=1S/C10H9N3O/c14-6-8-9(7-2-3-7)12-13-5-1-4-11-10(8)13/h1,4-7H,2-3H2. The Balaban J connectivity index is 2.33. The maximum Gasteiger partial charge on any atom is 0.165 e. The first-order valence-corrected chi connectivity index (χ1v) is 4.68. The number of fused-ring (bicyclic) bond motifs is 1. The van der Waals surface area contributed by atoms with Gasteiger partial charge < -0.3 is 0 Å². The van der Waals surface area contributed by atoms with Crippen molar-refractivity contribution in [3.8, 4) is 0 Å². The summed E-state index contributed by atoms with van der Waals surface area (Å²) < 4.78 is 1.68. The van der Waals surface area contributed by atoms with Crippen molar-refractivity contribution >= 4 is 11.9 Å². The number of rotatable bonds is 2. The molecule has 0 radical (unpaired) electrons. The number of hydrogen-bond acceptors (Lipinski definition) is 3. The second-order valence-corrected chi connectivity index (χ2v) is 3.58. The molecule has 0 atom stereocenters. The molecule has 4 nitrogen and oxygen atoms in total. The topological polar surface area (TPSA) is 47.3 Å². The average Bonchev–Trinajstić information content (AvgIpc) is 2.99. The highest BCUT2D eigenvalue weighted by Gasteiger charge is 2.30. The van der Waals surface area contributed by atoms with Gasteiger partial charge in [0.15, 0.2) is 11.9 Å². The maximum atomic E-state index is 10.9. The van der Waals surface area contributed by atoms with E-state index in [2.05, 4.69) is 10.1 Å². The van der Waals surface area contributed by atoms with Gasteiger partial charge in [-0.3, -0.25) is 4.79 Å². The molecule has 1 fully saturated rings.